The molecule has 64 valence electrons. The summed E-state index contributed by atoms with van der Waals surface area (Å²) in [6.07, 6.45) is 7.89. The number of nitrogens with zero attached hydrogens (tertiary/aromatic N) is 2. The van der Waals surface area contributed by atoms with E-state index in [2.05, 4.69) is 15.0 Å². The van der Waals surface area contributed by atoms with Crippen molar-refractivity contribution in [2.24, 2.45) is 0 Å². The van der Waals surface area contributed by atoms with Crippen LogP contribution in [0.15, 0.2) is 41.8 Å². The first-order chi connectivity index (χ1) is 6.38. The van der Waals surface area contributed by atoms with Crippen molar-refractivity contribution < 1.29 is 0 Å². The van der Waals surface area contributed by atoms with Crippen molar-refractivity contribution in [1.29, 1.82) is 0 Å². The van der Waals surface area contributed by atoms with Crippen LogP contribution in [0, 0.1) is 0 Å². The summed E-state index contributed by atoms with van der Waals surface area (Å²) >= 11 is 0. The maximum atomic E-state index is 11.3. The van der Waals surface area contributed by atoms with E-state index in [1.807, 2.05) is 0 Å². The van der Waals surface area contributed by atoms with E-state index in [0.717, 1.165) is 0 Å². The first-order valence-electron chi connectivity index (χ1n) is 3.81. The van der Waals surface area contributed by atoms with E-state index in [1.54, 1.807) is 31.0 Å². The molecule has 4 heteroatoms. The average molecular weight is 173 g/mol. The van der Waals surface area contributed by atoms with Gasteiger partial charge in [-0.2, -0.15) is 0 Å². The van der Waals surface area contributed by atoms with Crippen LogP contribution in [0.1, 0.15) is 0 Å². The number of pyridine rings is 1. The van der Waals surface area contributed by atoms with Gasteiger partial charge in [0, 0.05) is 30.9 Å². The average Bonchev–Trinajstić information content (AvgIpc) is 2.20. The number of aromatic nitrogens is 3. The number of hydrogen-bond acceptors (Lipinski definition) is 3. The summed E-state index contributed by atoms with van der Waals surface area (Å²) in [6, 6.07) is 1.46. The molecular formula is C9H7N3O. The van der Waals surface area contributed by atoms with Gasteiger partial charge in [0.25, 0.3) is 0 Å². The quantitative estimate of drug-likeness (QED) is 0.694. The van der Waals surface area contributed by atoms with Crippen LogP contribution in [0.25, 0.3) is 11.3 Å². The normalized spacial score (nSPS) is 9.85. The Hall–Kier alpha value is -1.97. The summed E-state index contributed by atoms with van der Waals surface area (Å²) < 4.78 is 0. The van der Waals surface area contributed by atoms with Gasteiger partial charge in [-0.15, -0.1) is 0 Å². The highest BCUT2D eigenvalue weighted by Gasteiger charge is 2.01. The highest BCUT2D eigenvalue weighted by atomic mass is 16.1. The Bertz CT molecular complexity index is 450. The summed E-state index contributed by atoms with van der Waals surface area (Å²) in [6.45, 7) is 0. The van der Waals surface area contributed by atoms with Gasteiger partial charge in [-0.25, -0.2) is 0 Å². The summed E-state index contributed by atoms with van der Waals surface area (Å²) in [4.78, 5) is 22.1. The number of H-pyrrole nitrogens is 1. The Morgan fingerprint density at radius 2 is 2.23 bits per heavy atom. The van der Waals surface area contributed by atoms with E-state index >= 15 is 0 Å². The SMILES string of the molecule is O=c1cc[nH]cc1-c1cnccn1. The summed E-state index contributed by atoms with van der Waals surface area (Å²) in [5, 5.41) is 0. The third kappa shape index (κ3) is 1.46. The largest absolute Gasteiger partial charge is 0.367 e. The van der Waals surface area contributed by atoms with E-state index < -0.39 is 0 Å². The Balaban J connectivity index is 2.60. The molecule has 0 amide bonds. The smallest absolute Gasteiger partial charge is 0.190 e. The molecule has 0 aliphatic heterocycles. The molecule has 0 unspecified atom stereocenters. The zero-order valence-electron chi connectivity index (χ0n) is 6.77. The monoisotopic (exact) mass is 173 g/mol. The molecule has 13 heavy (non-hydrogen) atoms. The topological polar surface area (TPSA) is 58.6 Å². The van der Waals surface area contributed by atoms with Crippen molar-refractivity contribution in [3.05, 3.63) is 47.3 Å². The van der Waals surface area contributed by atoms with Gasteiger partial charge >= 0.3 is 0 Å². The van der Waals surface area contributed by atoms with Crippen LogP contribution < -0.4 is 5.43 Å². The second-order valence-electron chi connectivity index (χ2n) is 2.51. The molecule has 1 N–H and O–H groups in total. The molecular weight excluding hydrogens is 166 g/mol. The number of hydrogen-bond donors (Lipinski definition) is 1. The van der Waals surface area contributed by atoms with Crippen molar-refractivity contribution in [2.45, 2.75) is 0 Å². The maximum absolute atomic E-state index is 11.3. The van der Waals surface area contributed by atoms with Gasteiger partial charge in [0.1, 0.15) is 0 Å². The second-order valence-corrected chi connectivity index (χ2v) is 2.51. The predicted molar refractivity (Wildman–Crippen MR) is 48.1 cm³/mol. The Morgan fingerprint density at radius 1 is 1.31 bits per heavy atom. The standard InChI is InChI=1S/C9H7N3O/c13-9-1-2-10-5-7(9)8-6-11-3-4-12-8/h1-6H,(H,10,13). The second kappa shape index (κ2) is 3.18. The van der Waals surface area contributed by atoms with Crippen molar-refractivity contribution in [1.82, 2.24) is 15.0 Å². The van der Waals surface area contributed by atoms with Crippen LogP contribution in [0.2, 0.25) is 0 Å². The van der Waals surface area contributed by atoms with Crippen LogP contribution in [0.5, 0.6) is 0 Å². The van der Waals surface area contributed by atoms with Crippen LogP contribution in [-0.2, 0) is 0 Å². The van der Waals surface area contributed by atoms with Crippen LogP contribution in [-0.4, -0.2) is 15.0 Å². The fourth-order valence-electron chi connectivity index (χ4n) is 1.05. The first kappa shape index (κ1) is 7.67. The molecule has 2 rings (SSSR count). The minimum Gasteiger partial charge on any atom is -0.367 e. The van der Waals surface area contributed by atoms with Gasteiger partial charge in [0.15, 0.2) is 5.43 Å². The Labute approximate surface area is 74.3 Å². The lowest BCUT2D eigenvalue weighted by molar-refractivity contribution is 1.19. The van der Waals surface area contributed by atoms with Gasteiger partial charge < -0.3 is 4.98 Å². The van der Waals surface area contributed by atoms with Gasteiger partial charge in [-0.05, 0) is 0 Å². The molecule has 2 heterocycles. The minimum absolute atomic E-state index is 0.0562. The zero-order valence-corrected chi connectivity index (χ0v) is 6.77. The van der Waals surface area contributed by atoms with E-state index in [-0.39, 0.29) is 5.43 Å². The Morgan fingerprint density at radius 3 is 2.92 bits per heavy atom. The fraction of sp³-hybridized carbons (Fsp3) is 0. The fourth-order valence-corrected chi connectivity index (χ4v) is 1.05. The maximum Gasteiger partial charge on any atom is 0.190 e. The molecule has 2 aromatic rings. The summed E-state index contributed by atoms with van der Waals surface area (Å²) in [5.74, 6) is 0. The highest BCUT2D eigenvalue weighted by Crippen LogP contribution is 2.07. The summed E-state index contributed by atoms with van der Waals surface area (Å²) in [5.41, 5.74) is 1.07. The third-order valence-corrected chi connectivity index (χ3v) is 1.66. The van der Waals surface area contributed by atoms with Crippen molar-refractivity contribution in [3.8, 4) is 11.3 Å². The molecule has 0 atom stereocenters. The lowest BCUT2D eigenvalue weighted by Gasteiger charge is -1.96. The molecule has 0 aromatic carbocycles. The molecule has 0 bridgehead atoms. The lowest BCUT2D eigenvalue weighted by atomic mass is 10.2. The van der Waals surface area contributed by atoms with Gasteiger partial charge in [-0.3, -0.25) is 14.8 Å². The van der Waals surface area contributed by atoms with Crippen LogP contribution in [0.3, 0.4) is 0 Å². The van der Waals surface area contributed by atoms with Crippen molar-refractivity contribution in [3.63, 3.8) is 0 Å². The predicted octanol–water partition coefficient (Wildman–Crippen LogP) is 0.832. The third-order valence-electron chi connectivity index (χ3n) is 1.66. The van der Waals surface area contributed by atoms with Crippen molar-refractivity contribution in [2.75, 3.05) is 0 Å². The molecule has 2 aromatic heterocycles. The van der Waals surface area contributed by atoms with Gasteiger partial charge in [0.2, 0.25) is 0 Å². The highest BCUT2D eigenvalue weighted by molar-refractivity contribution is 5.55. The van der Waals surface area contributed by atoms with Gasteiger partial charge in [0.05, 0.1) is 17.5 Å². The minimum atomic E-state index is -0.0562. The zero-order chi connectivity index (χ0) is 9.10. The van der Waals surface area contributed by atoms with Gasteiger partial charge in [-0.1, -0.05) is 0 Å². The number of aromatic amines is 1. The summed E-state index contributed by atoms with van der Waals surface area (Å²) in [7, 11) is 0. The lowest BCUT2D eigenvalue weighted by Crippen LogP contribution is -2.03. The number of nitrogens with one attached hydrogen (secondary N) is 1. The molecule has 4 nitrogen and oxygen atoms in total. The van der Waals surface area contributed by atoms with Crippen LogP contribution >= 0.6 is 0 Å². The molecule has 0 spiro atoms. The van der Waals surface area contributed by atoms with E-state index in [9.17, 15) is 4.79 Å². The molecule has 0 radical (unpaired) electrons. The molecule has 0 saturated carbocycles. The van der Waals surface area contributed by atoms with E-state index in [1.165, 1.54) is 6.07 Å². The van der Waals surface area contributed by atoms with Crippen molar-refractivity contribution >= 4 is 0 Å². The number of rotatable bonds is 1. The molecule has 0 aliphatic carbocycles. The molecule has 0 fully saturated rings. The Kier molecular flexibility index (Phi) is 1.88. The molecule has 0 saturated heterocycles. The molecule has 0 aliphatic rings. The van der Waals surface area contributed by atoms with Crippen LogP contribution in [0.4, 0.5) is 0 Å². The van der Waals surface area contributed by atoms with E-state index in [4.69, 9.17) is 0 Å². The van der Waals surface area contributed by atoms with E-state index in [0.29, 0.717) is 11.3 Å². The first-order valence-corrected chi connectivity index (χ1v) is 3.81.